The van der Waals surface area contributed by atoms with Crippen molar-refractivity contribution in [3.05, 3.63) is 88.4 Å². The molecule has 214 valence electrons. The first-order valence-corrected chi connectivity index (χ1v) is 15.3. The van der Waals surface area contributed by atoms with Gasteiger partial charge in [0.1, 0.15) is 18.3 Å². The number of anilines is 1. The second kappa shape index (κ2) is 13.8. The molecular formula is C30H36BrN3O5S. The third-order valence-corrected chi connectivity index (χ3v) is 8.63. The Balaban J connectivity index is 2.04. The highest BCUT2D eigenvalue weighted by atomic mass is 79.9. The molecule has 0 radical (unpaired) electrons. The highest BCUT2D eigenvalue weighted by Gasteiger charge is 2.33. The number of hydrogen-bond donors (Lipinski definition) is 1. The number of rotatable bonds is 12. The van der Waals surface area contributed by atoms with Crippen LogP contribution in [0.15, 0.2) is 82.2 Å². The van der Waals surface area contributed by atoms with E-state index in [1.165, 1.54) is 17.0 Å². The minimum absolute atomic E-state index is 0.0356. The molecule has 0 saturated heterocycles. The molecule has 3 aromatic carbocycles. The largest absolute Gasteiger partial charge is 0.494 e. The topological polar surface area (TPSA) is 96.0 Å². The molecule has 0 saturated carbocycles. The molecule has 3 aromatic rings. The van der Waals surface area contributed by atoms with Crippen molar-refractivity contribution in [2.75, 3.05) is 17.5 Å². The third-order valence-electron chi connectivity index (χ3n) is 6.32. The van der Waals surface area contributed by atoms with Crippen molar-refractivity contribution in [2.45, 2.75) is 58.1 Å². The van der Waals surface area contributed by atoms with E-state index in [1.807, 2.05) is 52.0 Å². The maximum absolute atomic E-state index is 14.0. The summed E-state index contributed by atoms with van der Waals surface area (Å²) >= 11 is 3.34. The summed E-state index contributed by atoms with van der Waals surface area (Å²) in [6.07, 6.45) is 0. The fourth-order valence-electron chi connectivity index (χ4n) is 4.10. The van der Waals surface area contributed by atoms with Crippen LogP contribution in [0.2, 0.25) is 0 Å². The van der Waals surface area contributed by atoms with Gasteiger partial charge in [-0.15, -0.1) is 0 Å². The number of amides is 2. The smallest absolute Gasteiger partial charge is 0.264 e. The lowest BCUT2D eigenvalue weighted by molar-refractivity contribution is -0.139. The van der Waals surface area contributed by atoms with Crippen LogP contribution in [-0.2, 0) is 26.2 Å². The first kappa shape index (κ1) is 31.2. The summed E-state index contributed by atoms with van der Waals surface area (Å²) in [5.41, 5.74) is 2.13. The first-order valence-electron chi connectivity index (χ1n) is 13.1. The van der Waals surface area contributed by atoms with Crippen molar-refractivity contribution in [1.82, 2.24) is 10.2 Å². The van der Waals surface area contributed by atoms with Crippen molar-refractivity contribution < 1.29 is 22.7 Å². The maximum atomic E-state index is 14.0. The number of halogens is 1. The normalized spacial score (nSPS) is 12.1. The highest BCUT2D eigenvalue weighted by molar-refractivity contribution is 9.10. The van der Waals surface area contributed by atoms with Gasteiger partial charge in [0, 0.05) is 17.1 Å². The standard InChI is InChI=1S/C30H36BrN3O5S/c1-6-39-27-15-13-26(14-16-27)34(40(37,38)28-17-11-25(31)12-18-28)20-29(35)33(23(5)30(36)32-21(2)3)19-24-10-8-7-9-22(24)4/h7-18,21,23H,6,19-20H2,1-5H3,(H,32,36)/t23-/m1/s1. The van der Waals surface area contributed by atoms with Crippen LogP contribution in [-0.4, -0.2) is 50.4 Å². The predicted molar refractivity (Wildman–Crippen MR) is 161 cm³/mol. The van der Waals surface area contributed by atoms with Gasteiger partial charge >= 0.3 is 0 Å². The minimum Gasteiger partial charge on any atom is -0.494 e. The molecule has 40 heavy (non-hydrogen) atoms. The van der Waals surface area contributed by atoms with Gasteiger partial charge in [0.05, 0.1) is 17.2 Å². The Hall–Kier alpha value is -3.37. The zero-order valence-corrected chi connectivity index (χ0v) is 25.8. The van der Waals surface area contributed by atoms with Crippen molar-refractivity contribution in [3.63, 3.8) is 0 Å². The molecule has 10 heteroatoms. The molecule has 0 aromatic heterocycles. The second-order valence-corrected chi connectivity index (χ2v) is 12.5. The molecule has 0 aliphatic carbocycles. The summed E-state index contributed by atoms with van der Waals surface area (Å²) in [5.74, 6) is -0.247. The van der Waals surface area contributed by atoms with E-state index in [0.29, 0.717) is 18.0 Å². The van der Waals surface area contributed by atoms with Gasteiger partial charge < -0.3 is 15.0 Å². The van der Waals surface area contributed by atoms with Crippen LogP contribution in [0.4, 0.5) is 5.69 Å². The average molecular weight is 631 g/mol. The minimum atomic E-state index is -4.15. The molecule has 0 heterocycles. The van der Waals surface area contributed by atoms with E-state index in [1.54, 1.807) is 43.3 Å². The second-order valence-electron chi connectivity index (χ2n) is 9.68. The van der Waals surface area contributed by atoms with Gasteiger partial charge in [0.15, 0.2) is 0 Å². The fourth-order valence-corrected chi connectivity index (χ4v) is 5.78. The summed E-state index contributed by atoms with van der Waals surface area (Å²) in [5, 5.41) is 2.86. The molecule has 1 atom stereocenters. The maximum Gasteiger partial charge on any atom is 0.264 e. The van der Waals surface area contributed by atoms with Gasteiger partial charge in [-0.3, -0.25) is 13.9 Å². The van der Waals surface area contributed by atoms with E-state index in [4.69, 9.17) is 4.74 Å². The number of aryl methyl sites for hydroxylation is 1. The lowest BCUT2D eigenvalue weighted by atomic mass is 10.1. The molecule has 1 N–H and O–H groups in total. The number of hydrogen-bond acceptors (Lipinski definition) is 5. The number of carbonyl (C=O) groups is 2. The van der Waals surface area contributed by atoms with Crippen LogP contribution in [0.25, 0.3) is 0 Å². The van der Waals surface area contributed by atoms with Gasteiger partial charge in [-0.25, -0.2) is 8.42 Å². The number of carbonyl (C=O) groups excluding carboxylic acids is 2. The van der Waals surface area contributed by atoms with Crippen molar-refractivity contribution in [2.24, 2.45) is 0 Å². The number of nitrogens with one attached hydrogen (secondary N) is 1. The molecule has 0 bridgehead atoms. The van der Waals surface area contributed by atoms with Crippen LogP contribution in [0, 0.1) is 6.92 Å². The Labute approximate surface area is 245 Å². The summed E-state index contributed by atoms with van der Waals surface area (Å²) in [7, 11) is -4.15. The van der Waals surface area contributed by atoms with Crippen molar-refractivity contribution in [1.29, 1.82) is 0 Å². The summed E-state index contributed by atoms with van der Waals surface area (Å²) in [6, 6.07) is 19.4. The van der Waals surface area contributed by atoms with Crippen LogP contribution in [0.5, 0.6) is 5.75 Å². The Kier molecular flexibility index (Phi) is 10.8. The van der Waals surface area contributed by atoms with E-state index in [2.05, 4.69) is 21.2 Å². The van der Waals surface area contributed by atoms with E-state index in [0.717, 1.165) is 19.9 Å². The Bertz CT molecular complexity index is 1410. The van der Waals surface area contributed by atoms with Gasteiger partial charge in [-0.2, -0.15) is 0 Å². The van der Waals surface area contributed by atoms with Gasteiger partial charge in [-0.05, 0) is 94.3 Å². The SMILES string of the molecule is CCOc1ccc(N(CC(=O)N(Cc2ccccc2C)[C@H](C)C(=O)NC(C)C)S(=O)(=O)c2ccc(Br)cc2)cc1. The van der Waals surface area contributed by atoms with Gasteiger partial charge in [0.2, 0.25) is 11.8 Å². The van der Waals surface area contributed by atoms with E-state index >= 15 is 0 Å². The number of nitrogens with zero attached hydrogens (tertiary/aromatic N) is 2. The van der Waals surface area contributed by atoms with Crippen LogP contribution >= 0.6 is 15.9 Å². The lowest BCUT2D eigenvalue weighted by Crippen LogP contribution is -2.52. The summed E-state index contributed by atoms with van der Waals surface area (Å²) < 4.78 is 35.1. The molecule has 0 spiro atoms. The van der Waals surface area contributed by atoms with Gasteiger partial charge in [-0.1, -0.05) is 40.2 Å². The fraction of sp³-hybridized carbons (Fsp3) is 0.333. The Morgan fingerprint density at radius 1 is 0.950 bits per heavy atom. The van der Waals surface area contributed by atoms with Crippen LogP contribution in [0.1, 0.15) is 38.8 Å². The molecule has 0 fully saturated rings. The monoisotopic (exact) mass is 629 g/mol. The van der Waals surface area contributed by atoms with Crippen LogP contribution < -0.4 is 14.4 Å². The molecule has 0 aliphatic heterocycles. The zero-order chi connectivity index (χ0) is 29.4. The highest BCUT2D eigenvalue weighted by Crippen LogP contribution is 2.27. The number of ether oxygens (including phenoxy) is 1. The summed E-state index contributed by atoms with van der Waals surface area (Å²) in [6.45, 7) is 9.23. The summed E-state index contributed by atoms with van der Waals surface area (Å²) in [4.78, 5) is 28.5. The molecule has 0 aliphatic rings. The van der Waals surface area contributed by atoms with Crippen molar-refractivity contribution >= 4 is 43.5 Å². The lowest BCUT2D eigenvalue weighted by Gasteiger charge is -2.32. The number of benzene rings is 3. The van der Waals surface area contributed by atoms with Crippen LogP contribution in [0.3, 0.4) is 0 Å². The van der Waals surface area contributed by atoms with E-state index in [-0.39, 0.29) is 23.4 Å². The molecule has 3 rings (SSSR count). The molecular weight excluding hydrogens is 594 g/mol. The predicted octanol–water partition coefficient (Wildman–Crippen LogP) is 5.29. The van der Waals surface area contributed by atoms with E-state index < -0.39 is 28.5 Å². The molecule has 8 nitrogen and oxygen atoms in total. The Morgan fingerprint density at radius 2 is 1.57 bits per heavy atom. The molecule has 2 amide bonds. The zero-order valence-electron chi connectivity index (χ0n) is 23.4. The van der Waals surface area contributed by atoms with Crippen molar-refractivity contribution in [3.8, 4) is 5.75 Å². The first-order chi connectivity index (χ1) is 18.9. The molecule has 0 unspecified atom stereocenters. The quantitative estimate of drug-likeness (QED) is 0.294. The average Bonchev–Trinajstić information content (AvgIpc) is 2.91. The third kappa shape index (κ3) is 7.85. The van der Waals surface area contributed by atoms with Gasteiger partial charge in [0.25, 0.3) is 10.0 Å². The Morgan fingerprint density at radius 3 is 2.15 bits per heavy atom. The van der Waals surface area contributed by atoms with E-state index in [9.17, 15) is 18.0 Å². The number of sulfonamides is 1.